The van der Waals surface area contributed by atoms with Crippen LogP contribution in [0.15, 0.2) is 11.8 Å². The molecule has 1 atom stereocenters. The first-order valence-corrected chi connectivity index (χ1v) is 3.51. The lowest BCUT2D eigenvalue weighted by Gasteiger charge is -2.16. The van der Waals surface area contributed by atoms with Crippen LogP contribution in [0.3, 0.4) is 0 Å². The fourth-order valence-corrected chi connectivity index (χ4v) is 1.04. The molecular weight excluding hydrogens is 158 g/mol. The first-order chi connectivity index (χ1) is 5.52. The standard InChI is InChI=1S/C8H9NO3/c1-4-3-6(10)7(5(2)9)8(11)12-4/h3,7,9H,1-2H3/t7-/m1/s1. The molecule has 1 aliphatic heterocycles. The average molecular weight is 167 g/mol. The van der Waals surface area contributed by atoms with Gasteiger partial charge in [0.05, 0.1) is 0 Å². The van der Waals surface area contributed by atoms with E-state index in [2.05, 4.69) is 0 Å². The van der Waals surface area contributed by atoms with Crippen molar-refractivity contribution >= 4 is 17.5 Å². The Bertz CT molecular complexity index is 291. The van der Waals surface area contributed by atoms with Crippen LogP contribution in [0.2, 0.25) is 0 Å². The van der Waals surface area contributed by atoms with Crippen LogP contribution >= 0.6 is 0 Å². The highest BCUT2D eigenvalue weighted by Crippen LogP contribution is 2.15. The Balaban J connectivity index is 2.98. The summed E-state index contributed by atoms with van der Waals surface area (Å²) in [6.45, 7) is 2.95. The Labute approximate surface area is 69.7 Å². The first-order valence-electron chi connectivity index (χ1n) is 3.51. The third kappa shape index (κ3) is 1.42. The molecular formula is C8H9NO3. The van der Waals surface area contributed by atoms with Crippen molar-refractivity contribution in [3.8, 4) is 0 Å². The minimum atomic E-state index is -1.02. The van der Waals surface area contributed by atoms with Gasteiger partial charge in [-0.2, -0.15) is 0 Å². The van der Waals surface area contributed by atoms with Crippen molar-refractivity contribution in [2.75, 3.05) is 0 Å². The molecule has 0 radical (unpaired) electrons. The van der Waals surface area contributed by atoms with Crippen LogP contribution in [0.25, 0.3) is 0 Å². The van der Waals surface area contributed by atoms with E-state index in [0.29, 0.717) is 5.76 Å². The molecule has 64 valence electrons. The summed E-state index contributed by atoms with van der Waals surface area (Å²) < 4.78 is 4.69. The Hall–Kier alpha value is -1.45. The van der Waals surface area contributed by atoms with Crippen LogP contribution in [0.5, 0.6) is 0 Å². The summed E-state index contributed by atoms with van der Waals surface area (Å²) in [5.74, 6) is -1.74. The van der Waals surface area contributed by atoms with Gasteiger partial charge in [0, 0.05) is 11.8 Å². The fraction of sp³-hybridized carbons (Fsp3) is 0.375. The highest BCUT2D eigenvalue weighted by molar-refractivity contribution is 6.22. The Morgan fingerprint density at radius 1 is 1.58 bits per heavy atom. The fourth-order valence-electron chi connectivity index (χ4n) is 1.04. The highest BCUT2D eigenvalue weighted by Gasteiger charge is 2.32. The number of allylic oxidation sites excluding steroid dienone is 2. The number of carbonyl (C=O) groups excluding carboxylic acids is 2. The molecule has 0 aliphatic carbocycles. The van der Waals surface area contributed by atoms with Gasteiger partial charge in [0.2, 0.25) is 0 Å². The monoisotopic (exact) mass is 167 g/mol. The van der Waals surface area contributed by atoms with Gasteiger partial charge in [-0.05, 0) is 13.8 Å². The molecule has 0 aromatic rings. The molecule has 0 spiro atoms. The van der Waals surface area contributed by atoms with Gasteiger partial charge in [-0.25, -0.2) is 0 Å². The average Bonchev–Trinajstić information content (AvgIpc) is 1.82. The third-order valence-corrected chi connectivity index (χ3v) is 1.56. The van der Waals surface area contributed by atoms with Crippen LogP contribution in [0, 0.1) is 11.3 Å². The Kier molecular flexibility index (Phi) is 2.08. The van der Waals surface area contributed by atoms with Gasteiger partial charge in [0.1, 0.15) is 5.76 Å². The maximum Gasteiger partial charge on any atom is 0.327 e. The normalized spacial score (nSPS) is 23.2. The molecule has 0 bridgehead atoms. The molecule has 4 nitrogen and oxygen atoms in total. The van der Waals surface area contributed by atoms with Gasteiger partial charge in [-0.1, -0.05) is 0 Å². The van der Waals surface area contributed by atoms with E-state index in [9.17, 15) is 9.59 Å². The molecule has 0 aromatic carbocycles. The van der Waals surface area contributed by atoms with E-state index in [-0.39, 0.29) is 11.5 Å². The number of carbonyl (C=O) groups is 2. The molecule has 12 heavy (non-hydrogen) atoms. The predicted molar refractivity (Wildman–Crippen MR) is 41.7 cm³/mol. The molecule has 0 unspecified atom stereocenters. The van der Waals surface area contributed by atoms with Crippen LogP contribution in [0.4, 0.5) is 0 Å². The number of hydrogen-bond acceptors (Lipinski definition) is 4. The van der Waals surface area contributed by atoms with Crippen LogP contribution < -0.4 is 0 Å². The minimum Gasteiger partial charge on any atom is -0.430 e. The molecule has 0 saturated heterocycles. The second-order valence-electron chi connectivity index (χ2n) is 2.69. The van der Waals surface area contributed by atoms with E-state index in [1.807, 2.05) is 0 Å². The molecule has 0 fully saturated rings. The summed E-state index contributed by atoms with van der Waals surface area (Å²) in [5, 5.41) is 7.16. The first kappa shape index (κ1) is 8.64. The number of hydrogen-bond donors (Lipinski definition) is 1. The SMILES string of the molecule is CC(=N)[C@@H]1C(=O)C=C(C)OC1=O. The number of cyclic esters (lactones) is 1. The summed E-state index contributed by atoms with van der Waals surface area (Å²) in [7, 11) is 0. The summed E-state index contributed by atoms with van der Waals surface area (Å²) in [6, 6.07) is 0. The molecule has 1 heterocycles. The lowest BCUT2D eigenvalue weighted by atomic mass is 9.97. The van der Waals surface area contributed by atoms with Crippen molar-refractivity contribution in [1.82, 2.24) is 0 Å². The van der Waals surface area contributed by atoms with Gasteiger partial charge in [-0.3, -0.25) is 9.59 Å². The summed E-state index contributed by atoms with van der Waals surface area (Å²) >= 11 is 0. The zero-order valence-electron chi connectivity index (χ0n) is 6.88. The number of esters is 1. The topological polar surface area (TPSA) is 67.2 Å². The second-order valence-corrected chi connectivity index (χ2v) is 2.69. The lowest BCUT2D eigenvalue weighted by Crippen LogP contribution is -2.33. The van der Waals surface area contributed by atoms with Gasteiger partial charge in [0.15, 0.2) is 11.7 Å². The van der Waals surface area contributed by atoms with Gasteiger partial charge < -0.3 is 10.1 Å². The minimum absolute atomic E-state index is 0.0220. The van der Waals surface area contributed by atoms with E-state index >= 15 is 0 Å². The quantitative estimate of drug-likeness (QED) is 0.354. The zero-order chi connectivity index (χ0) is 9.30. The largest absolute Gasteiger partial charge is 0.430 e. The molecule has 0 amide bonds. The highest BCUT2D eigenvalue weighted by atomic mass is 16.5. The van der Waals surface area contributed by atoms with Gasteiger partial charge in [0.25, 0.3) is 0 Å². The summed E-state index contributed by atoms with van der Waals surface area (Å²) in [4.78, 5) is 22.2. The summed E-state index contributed by atoms with van der Waals surface area (Å²) in [5.41, 5.74) is 0.0220. The van der Waals surface area contributed by atoms with Crippen molar-refractivity contribution in [3.05, 3.63) is 11.8 Å². The van der Waals surface area contributed by atoms with E-state index in [0.717, 1.165) is 0 Å². The van der Waals surface area contributed by atoms with Crippen molar-refractivity contribution in [3.63, 3.8) is 0 Å². The molecule has 0 saturated carbocycles. The lowest BCUT2D eigenvalue weighted by molar-refractivity contribution is -0.146. The number of nitrogens with one attached hydrogen (secondary N) is 1. The van der Waals surface area contributed by atoms with Gasteiger partial charge in [-0.15, -0.1) is 0 Å². The molecule has 0 aromatic heterocycles. The van der Waals surface area contributed by atoms with E-state index in [1.165, 1.54) is 19.9 Å². The number of rotatable bonds is 1. The Morgan fingerprint density at radius 3 is 2.58 bits per heavy atom. The van der Waals surface area contributed by atoms with Crippen molar-refractivity contribution < 1.29 is 14.3 Å². The van der Waals surface area contributed by atoms with E-state index in [4.69, 9.17) is 10.1 Å². The molecule has 4 heteroatoms. The maximum absolute atomic E-state index is 11.1. The summed E-state index contributed by atoms with van der Waals surface area (Å²) in [6.07, 6.45) is 1.24. The van der Waals surface area contributed by atoms with Crippen molar-refractivity contribution in [1.29, 1.82) is 5.41 Å². The maximum atomic E-state index is 11.1. The number of ether oxygens (including phenoxy) is 1. The molecule has 1 rings (SSSR count). The molecule has 1 N–H and O–H groups in total. The van der Waals surface area contributed by atoms with E-state index in [1.54, 1.807) is 0 Å². The Morgan fingerprint density at radius 2 is 2.17 bits per heavy atom. The van der Waals surface area contributed by atoms with Crippen LogP contribution in [0.1, 0.15) is 13.8 Å². The van der Waals surface area contributed by atoms with E-state index < -0.39 is 11.9 Å². The number of ketones is 1. The smallest absolute Gasteiger partial charge is 0.327 e. The van der Waals surface area contributed by atoms with Crippen LogP contribution in [-0.2, 0) is 14.3 Å². The zero-order valence-corrected chi connectivity index (χ0v) is 6.88. The molecule has 1 aliphatic rings. The third-order valence-electron chi connectivity index (χ3n) is 1.56. The van der Waals surface area contributed by atoms with Crippen LogP contribution in [-0.4, -0.2) is 17.5 Å². The second kappa shape index (κ2) is 2.89. The van der Waals surface area contributed by atoms with Crippen molar-refractivity contribution in [2.45, 2.75) is 13.8 Å². The van der Waals surface area contributed by atoms with Gasteiger partial charge >= 0.3 is 5.97 Å². The predicted octanol–water partition coefficient (Wildman–Crippen LogP) is 0.672. The van der Waals surface area contributed by atoms with Crippen molar-refractivity contribution in [2.24, 2.45) is 5.92 Å².